The lowest BCUT2D eigenvalue weighted by Gasteiger charge is -2.15. The molecule has 3 heterocycles. The largest absolute Gasteiger partial charge is 0.497 e. The highest BCUT2D eigenvalue weighted by molar-refractivity contribution is 7.92. The molecule has 38 heavy (non-hydrogen) atoms. The summed E-state index contributed by atoms with van der Waals surface area (Å²) in [6, 6.07) is 14.3. The van der Waals surface area contributed by atoms with Crippen molar-refractivity contribution in [2.75, 3.05) is 30.2 Å². The number of carbonyl (C=O) groups excluding carboxylic acids is 1. The highest BCUT2D eigenvalue weighted by atomic mass is 35.5. The van der Waals surface area contributed by atoms with Crippen LogP contribution in [0.4, 0.5) is 17.3 Å². The van der Waals surface area contributed by atoms with Crippen LogP contribution in [-0.4, -0.2) is 49.4 Å². The number of fused-ring (bicyclic) bond motifs is 1. The van der Waals surface area contributed by atoms with Crippen molar-refractivity contribution in [1.82, 2.24) is 20.3 Å². The van der Waals surface area contributed by atoms with Gasteiger partial charge < -0.3 is 15.4 Å². The zero-order chi connectivity index (χ0) is 26.7. The van der Waals surface area contributed by atoms with Crippen molar-refractivity contribution in [2.45, 2.75) is 17.7 Å². The van der Waals surface area contributed by atoms with E-state index in [0.717, 1.165) is 19.5 Å². The second-order valence-electron chi connectivity index (χ2n) is 8.86. The SMILES string of the molecule is COc1ccc(Cl)c(Nc2nc3ncccc3nc2NS(=O)(=O)c2cccc(C(=O)CC3CCNC3)c2)c1. The first kappa shape index (κ1) is 25.8. The number of hydrogen-bond donors (Lipinski definition) is 3. The van der Waals surface area contributed by atoms with Gasteiger partial charge in [0, 0.05) is 24.2 Å². The molecule has 0 radical (unpaired) electrons. The third-order valence-corrected chi connectivity index (χ3v) is 7.87. The number of ketones is 1. The number of hydrogen-bond acceptors (Lipinski definition) is 9. The summed E-state index contributed by atoms with van der Waals surface area (Å²) in [7, 11) is -2.61. The molecule has 1 fully saturated rings. The molecule has 0 bridgehead atoms. The molecular formula is C26H25ClN6O4S. The molecule has 0 amide bonds. The Bertz CT molecular complexity index is 1610. The number of benzene rings is 2. The minimum absolute atomic E-state index is 0.0573. The Hall–Kier alpha value is -3.80. The topological polar surface area (TPSA) is 135 Å². The van der Waals surface area contributed by atoms with E-state index in [9.17, 15) is 13.2 Å². The standard InChI is InChI=1S/C26H25ClN6O4S/c1-37-18-7-8-20(27)22(14-18)31-25-26(30-21-6-3-10-29-24(21)32-25)33-38(35,36)19-5-2-4-17(13-19)23(34)12-16-9-11-28-15-16/h2-8,10,13-14,16,28H,9,11-12,15H2,1H3,(H,30,33)(H,29,31,32). The highest BCUT2D eigenvalue weighted by Gasteiger charge is 2.23. The minimum atomic E-state index is -4.14. The van der Waals surface area contributed by atoms with Crippen molar-refractivity contribution in [3.05, 3.63) is 71.4 Å². The number of rotatable bonds is 9. The van der Waals surface area contributed by atoms with Crippen molar-refractivity contribution in [2.24, 2.45) is 5.92 Å². The lowest BCUT2D eigenvalue weighted by molar-refractivity contribution is 0.0964. The van der Waals surface area contributed by atoms with E-state index in [1.54, 1.807) is 48.7 Å². The van der Waals surface area contributed by atoms with Gasteiger partial charge in [-0.1, -0.05) is 23.7 Å². The number of halogens is 1. The molecule has 0 aliphatic carbocycles. The van der Waals surface area contributed by atoms with Gasteiger partial charge in [-0.3, -0.25) is 9.52 Å². The fourth-order valence-corrected chi connectivity index (χ4v) is 5.42. The predicted octanol–water partition coefficient (Wildman–Crippen LogP) is 4.41. The van der Waals surface area contributed by atoms with Crippen LogP contribution in [0.1, 0.15) is 23.2 Å². The van der Waals surface area contributed by atoms with Crippen LogP contribution in [0.15, 0.2) is 65.7 Å². The molecular weight excluding hydrogens is 528 g/mol. The van der Waals surface area contributed by atoms with E-state index < -0.39 is 10.0 Å². The Labute approximate surface area is 224 Å². The summed E-state index contributed by atoms with van der Waals surface area (Å²) in [5.74, 6) is 0.733. The van der Waals surface area contributed by atoms with Gasteiger partial charge in [0.05, 0.1) is 22.7 Å². The predicted molar refractivity (Wildman–Crippen MR) is 146 cm³/mol. The van der Waals surface area contributed by atoms with Crippen LogP contribution in [-0.2, 0) is 10.0 Å². The third-order valence-electron chi connectivity index (χ3n) is 6.20. The van der Waals surface area contributed by atoms with Crippen LogP contribution in [0.3, 0.4) is 0 Å². The minimum Gasteiger partial charge on any atom is -0.497 e. The van der Waals surface area contributed by atoms with Gasteiger partial charge in [-0.25, -0.2) is 23.4 Å². The highest BCUT2D eigenvalue weighted by Crippen LogP contribution is 2.32. The smallest absolute Gasteiger partial charge is 0.263 e. The number of Topliss-reactive ketones (excluding diaryl/α,β-unsaturated/α-hetero) is 1. The van der Waals surface area contributed by atoms with E-state index in [-0.39, 0.29) is 28.2 Å². The van der Waals surface area contributed by atoms with Gasteiger partial charge in [0.25, 0.3) is 10.0 Å². The first-order chi connectivity index (χ1) is 18.3. The summed E-state index contributed by atoms with van der Waals surface area (Å²) < 4.78 is 34.7. The van der Waals surface area contributed by atoms with Crippen LogP contribution >= 0.6 is 11.6 Å². The molecule has 2 aromatic heterocycles. The second-order valence-corrected chi connectivity index (χ2v) is 10.9. The first-order valence-electron chi connectivity index (χ1n) is 11.9. The molecule has 12 heteroatoms. The average molecular weight is 553 g/mol. The summed E-state index contributed by atoms with van der Waals surface area (Å²) in [5.41, 5.74) is 1.48. The number of anilines is 3. The van der Waals surface area contributed by atoms with Crippen molar-refractivity contribution in [3.63, 3.8) is 0 Å². The van der Waals surface area contributed by atoms with Gasteiger partial charge in [-0.2, -0.15) is 0 Å². The van der Waals surface area contributed by atoms with Crippen molar-refractivity contribution >= 4 is 55.9 Å². The number of nitrogens with zero attached hydrogens (tertiary/aromatic N) is 3. The lowest BCUT2D eigenvalue weighted by atomic mass is 9.98. The van der Waals surface area contributed by atoms with Gasteiger partial charge in [-0.05, 0) is 61.8 Å². The van der Waals surface area contributed by atoms with Gasteiger partial charge in [0.2, 0.25) is 0 Å². The maximum Gasteiger partial charge on any atom is 0.263 e. The molecule has 1 aliphatic rings. The van der Waals surface area contributed by atoms with Crippen LogP contribution < -0.4 is 20.1 Å². The number of ether oxygens (including phenoxy) is 1. The van der Waals surface area contributed by atoms with Crippen LogP contribution in [0, 0.1) is 5.92 Å². The van der Waals surface area contributed by atoms with Crippen LogP contribution in [0.25, 0.3) is 11.2 Å². The molecule has 196 valence electrons. The molecule has 1 atom stereocenters. The zero-order valence-corrected chi connectivity index (χ0v) is 22.0. The molecule has 1 aliphatic heterocycles. The van der Waals surface area contributed by atoms with E-state index in [4.69, 9.17) is 16.3 Å². The first-order valence-corrected chi connectivity index (χ1v) is 13.8. The monoisotopic (exact) mass is 552 g/mol. The Morgan fingerprint density at radius 1 is 1.13 bits per heavy atom. The van der Waals surface area contributed by atoms with E-state index in [1.165, 1.54) is 19.2 Å². The van der Waals surface area contributed by atoms with Crippen molar-refractivity contribution in [3.8, 4) is 5.75 Å². The Kier molecular flexibility index (Phi) is 7.41. The number of methoxy groups -OCH3 is 1. The van der Waals surface area contributed by atoms with E-state index in [1.807, 2.05) is 0 Å². The summed E-state index contributed by atoms with van der Waals surface area (Å²) in [5, 5.41) is 6.65. The van der Waals surface area contributed by atoms with Crippen LogP contribution in [0.2, 0.25) is 5.02 Å². The maximum absolute atomic E-state index is 13.4. The number of sulfonamides is 1. The summed E-state index contributed by atoms with van der Waals surface area (Å²) in [6.45, 7) is 1.67. The fourth-order valence-electron chi connectivity index (χ4n) is 4.20. The molecule has 0 spiro atoms. The number of aromatic nitrogens is 3. The van der Waals surface area contributed by atoms with Crippen molar-refractivity contribution < 1.29 is 17.9 Å². The molecule has 4 aromatic rings. The Morgan fingerprint density at radius 3 is 2.79 bits per heavy atom. The fraction of sp³-hybridized carbons (Fsp3) is 0.231. The summed E-state index contributed by atoms with van der Waals surface area (Å²) >= 11 is 6.35. The normalized spacial score (nSPS) is 15.4. The second kappa shape index (κ2) is 10.9. The summed E-state index contributed by atoms with van der Waals surface area (Å²) in [4.78, 5) is 25.9. The summed E-state index contributed by atoms with van der Waals surface area (Å²) in [6.07, 6.45) is 2.85. The van der Waals surface area contributed by atoms with Crippen molar-refractivity contribution in [1.29, 1.82) is 0 Å². The molecule has 10 nitrogen and oxygen atoms in total. The Balaban J connectivity index is 1.48. The quantitative estimate of drug-likeness (QED) is 0.258. The molecule has 2 aromatic carbocycles. The van der Waals surface area contributed by atoms with Gasteiger partial charge in [0.15, 0.2) is 23.1 Å². The maximum atomic E-state index is 13.4. The Morgan fingerprint density at radius 2 is 2.00 bits per heavy atom. The van der Waals surface area contributed by atoms with Gasteiger partial charge >= 0.3 is 0 Å². The van der Waals surface area contributed by atoms with Gasteiger partial charge in [0.1, 0.15) is 11.3 Å². The third kappa shape index (κ3) is 5.69. The molecule has 0 saturated carbocycles. The molecule has 1 unspecified atom stereocenters. The number of nitrogens with one attached hydrogen (secondary N) is 3. The van der Waals surface area contributed by atoms with Crippen LogP contribution in [0.5, 0.6) is 5.75 Å². The van der Waals surface area contributed by atoms with E-state index in [2.05, 4.69) is 30.3 Å². The number of pyridine rings is 1. The molecule has 1 saturated heterocycles. The van der Waals surface area contributed by atoms with E-state index in [0.29, 0.717) is 39.6 Å². The average Bonchev–Trinajstić information content (AvgIpc) is 3.43. The van der Waals surface area contributed by atoms with Gasteiger partial charge in [-0.15, -0.1) is 0 Å². The number of carbonyl (C=O) groups is 1. The zero-order valence-electron chi connectivity index (χ0n) is 20.4. The molecule has 5 rings (SSSR count). The van der Waals surface area contributed by atoms with E-state index >= 15 is 0 Å². The molecule has 3 N–H and O–H groups in total. The lowest BCUT2D eigenvalue weighted by Crippen LogP contribution is -2.17.